The van der Waals surface area contributed by atoms with Gasteiger partial charge in [0.05, 0.1) is 22.8 Å². The Kier molecular flexibility index (Phi) is 7.27. The highest BCUT2D eigenvalue weighted by atomic mass is 32.2. The molecule has 34 heavy (non-hydrogen) atoms. The lowest BCUT2D eigenvalue weighted by Crippen LogP contribution is -2.33. The lowest BCUT2D eigenvalue weighted by molar-refractivity contribution is -0.137. The number of sulfone groups is 1. The topological polar surface area (TPSA) is 105 Å². The minimum atomic E-state index is -4.59. The van der Waals surface area contributed by atoms with Gasteiger partial charge in [-0.2, -0.15) is 13.2 Å². The van der Waals surface area contributed by atoms with E-state index in [2.05, 4.69) is 5.32 Å². The van der Waals surface area contributed by atoms with Crippen molar-refractivity contribution in [3.8, 4) is 5.69 Å². The summed E-state index contributed by atoms with van der Waals surface area (Å²) in [5.41, 5.74) is -1.07. The molecule has 2 aromatic carbocycles. The third-order valence-corrected chi connectivity index (χ3v) is 6.76. The Balaban J connectivity index is 1.83. The fourth-order valence-corrected chi connectivity index (χ4v) is 4.30. The number of hydrogen-bond acceptors (Lipinski definition) is 5. The van der Waals surface area contributed by atoms with Gasteiger partial charge in [-0.25, -0.2) is 8.42 Å². The highest BCUT2D eigenvalue weighted by Crippen LogP contribution is 2.30. The quantitative estimate of drug-likeness (QED) is 0.526. The maximum atomic E-state index is 13.1. The normalized spacial score (nSPS) is 11.9. The SMILES string of the molecule is Cc1ccc(C(=O)NCc2ccc(S(=O)(=O)CCO)cc2)c(=O)n1-c1cccc(C(F)(F)F)c1. The van der Waals surface area contributed by atoms with Crippen LogP contribution in [-0.2, 0) is 22.6 Å². The summed E-state index contributed by atoms with van der Waals surface area (Å²) in [6, 6.07) is 12.7. The predicted molar refractivity (Wildman–Crippen MR) is 119 cm³/mol. The smallest absolute Gasteiger partial charge is 0.395 e. The Morgan fingerprint density at radius 2 is 1.74 bits per heavy atom. The van der Waals surface area contributed by atoms with Gasteiger partial charge in [-0.1, -0.05) is 18.2 Å². The molecular formula is C23H21F3N2O5S. The monoisotopic (exact) mass is 494 g/mol. The summed E-state index contributed by atoms with van der Waals surface area (Å²) in [6.45, 7) is 1.01. The second-order valence-corrected chi connectivity index (χ2v) is 9.56. The van der Waals surface area contributed by atoms with E-state index in [0.29, 0.717) is 11.3 Å². The molecule has 3 aromatic rings. The number of aliphatic hydroxyl groups excluding tert-OH is 1. The van der Waals surface area contributed by atoms with E-state index in [1.807, 2.05) is 0 Å². The first-order chi connectivity index (χ1) is 15.9. The number of carbonyl (C=O) groups excluding carboxylic acids is 1. The van der Waals surface area contributed by atoms with Crippen LogP contribution in [0.4, 0.5) is 13.2 Å². The third kappa shape index (κ3) is 5.54. The van der Waals surface area contributed by atoms with Gasteiger partial charge in [-0.15, -0.1) is 0 Å². The number of alkyl halides is 3. The molecule has 0 atom stereocenters. The number of carbonyl (C=O) groups is 1. The lowest BCUT2D eigenvalue weighted by atomic mass is 10.1. The van der Waals surface area contributed by atoms with E-state index in [-0.39, 0.29) is 22.7 Å². The number of amides is 1. The zero-order valence-corrected chi connectivity index (χ0v) is 18.8. The molecule has 1 aromatic heterocycles. The highest BCUT2D eigenvalue weighted by Gasteiger charge is 2.30. The number of nitrogens with one attached hydrogen (secondary N) is 1. The summed E-state index contributed by atoms with van der Waals surface area (Å²) in [5, 5.41) is 11.4. The molecule has 11 heteroatoms. The molecule has 0 radical (unpaired) electrons. The Morgan fingerprint density at radius 1 is 1.06 bits per heavy atom. The van der Waals surface area contributed by atoms with E-state index >= 15 is 0 Å². The van der Waals surface area contributed by atoms with Crippen LogP contribution in [0.25, 0.3) is 5.69 Å². The average Bonchev–Trinajstić information content (AvgIpc) is 2.77. The Labute approximate surface area is 193 Å². The molecule has 3 rings (SSSR count). The van der Waals surface area contributed by atoms with Crippen molar-refractivity contribution < 1.29 is 31.5 Å². The minimum Gasteiger partial charge on any atom is -0.395 e. The van der Waals surface area contributed by atoms with E-state index in [9.17, 15) is 31.2 Å². The molecule has 0 aliphatic heterocycles. The van der Waals surface area contributed by atoms with Crippen molar-refractivity contribution in [1.82, 2.24) is 9.88 Å². The van der Waals surface area contributed by atoms with Crippen LogP contribution >= 0.6 is 0 Å². The highest BCUT2D eigenvalue weighted by molar-refractivity contribution is 7.91. The van der Waals surface area contributed by atoms with Crippen LogP contribution in [0.5, 0.6) is 0 Å². The van der Waals surface area contributed by atoms with Crippen LogP contribution in [0.2, 0.25) is 0 Å². The maximum absolute atomic E-state index is 13.1. The van der Waals surface area contributed by atoms with Gasteiger partial charge in [-0.05, 0) is 55.0 Å². The van der Waals surface area contributed by atoms with Gasteiger partial charge in [0.15, 0.2) is 9.84 Å². The van der Waals surface area contributed by atoms with E-state index < -0.39 is 45.4 Å². The van der Waals surface area contributed by atoms with Crippen molar-refractivity contribution in [2.45, 2.75) is 24.5 Å². The van der Waals surface area contributed by atoms with Gasteiger partial charge in [0.2, 0.25) is 0 Å². The van der Waals surface area contributed by atoms with Crippen molar-refractivity contribution in [1.29, 1.82) is 0 Å². The van der Waals surface area contributed by atoms with Gasteiger partial charge in [-0.3, -0.25) is 14.2 Å². The number of halogens is 3. The van der Waals surface area contributed by atoms with Gasteiger partial charge in [0.1, 0.15) is 5.56 Å². The molecule has 0 saturated heterocycles. The molecule has 0 unspecified atom stereocenters. The third-order valence-electron chi connectivity index (χ3n) is 5.05. The first kappa shape index (κ1) is 25.2. The maximum Gasteiger partial charge on any atom is 0.416 e. The molecule has 1 heterocycles. The second kappa shape index (κ2) is 9.82. The summed E-state index contributed by atoms with van der Waals surface area (Å²) < 4.78 is 64.2. The lowest BCUT2D eigenvalue weighted by Gasteiger charge is -2.14. The number of nitrogens with zero attached hydrogens (tertiary/aromatic N) is 1. The van der Waals surface area contributed by atoms with Crippen LogP contribution in [0.1, 0.15) is 27.2 Å². The molecule has 7 nitrogen and oxygen atoms in total. The molecule has 1 amide bonds. The van der Waals surface area contributed by atoms with Crippen molar-refractivity contribution in [3.63, 3.8) is 0 Å². The molecule has 0 bridgehead atoms. The second-order valence-electron chi connectivity index (χ2n) is 7.45. The van der Waals surface area contributed by atoms with Crippen LogP contribution < -0.4 is 10.9 Å². The Bertz CT molecular complexity index is 1360. The molecule has 0 saturated carbocycles. The molecular weight excluding hydrogens is 473 g/mol. The van der Waals surface area contributed by atoms with E-state index in [1.165, 1.54) is 55.5 Å². The summed E-state index contributed by atoms with van der Waals surface area (Å²) in [5.74, 6) is -1.14. The summed E-state index contributed by atoms with van der Waals surface area (Å²) in [6.07, 6.45) is -4.59. The van der Waals surface area contributed by atoms with Crippen molar-refractivity contribution in [3.05, 3.63) is 93.4 Å². The molecule has 2 N–H and O–H groups in total. The number of pyridine rings is 1. The van der Waals surface area contributed by atoms with Gasteiger partial charge < -0.3 is 10.4 Å². The first-order valence-corrected chi connectivity index (χ1v) is 11.7. The van der Waals surface area contributed by atoms with Crippen molar-refractivity contribution in [2.24, 2.45) is 0 Å². The molecule has 0 fully saturated rings. The van der Waals surface area contributed by atoms with Gasteiger partial charge in [0, 0.05) is 17.9 Å². The predicted octanol–water partition coefficient (Wildman–Crippen LogP) is 2.86. The first-order valence-electron chi connectivity index (χ1n) is 10.0. The fourth-order valence-electron chi connectivity index (χ4n) is 3.28. The standard InChI is InChI=1S/C23H21F3N2O5S/c1-15-5-10-20(22(31)28(15)18-4-2-3-17(13-18)23(24,25)26)21(30)27-14-16-6-8-19(9-7-16)34(32,33)12-11-29/h2-10,13,29H,11-12,14H2,1H3,(H,27,30). The number of benzene rings is 2. The molecule has 0 spiro atoms. The van der Waals surface area contributed by atoms with Crippen molar-refractivity contribution in [2.75, 3.05) is 12.4 Å². The van der Waals surface area contributed by atoms with Gasteiger partial charge in [0.25, 0.3) is 11.5 Å². The van der Waals surface area contributed by atoms with Crippen LogP contribution in [0.3, 0.4) is 0 Å². The number of hydrogen-bond donors (Lipinski definition) is 2. The van der Waals surface area contributed by atoms with Gasteiger partial charge >= 0.3 is 6.18 Å². The van der Waals surface area contributed by atoms with E-state index in [1.54, 1.807) is 0 Å². The summed E-state index contributed by atoms with van der Waals surface area (Å²) >= 11 is 0. The number of aliphatic hydroxyl groups is 1. The Morgan fingerprint density at radius 3 is 2.35 bits per heavy atom. The Hall–Kier alpha value is -3.44. The number of aryl methyl sites for hydroxylation is 1. The minimum absolute atomic E-state index is 0.0178. The zero-order chi connectivity index (χ0) is 25.1. The summed E-state index contributed by atoms with van der Waals surface area (Å²) in [4.78, 5) is 25.6. The number of aromatic nitrogens is 1. The van der Waals surface area contributed by atoms with Crippen molar-refractivity contribution >= 4 is 15.7 Å². The largest absolute Gasteiger partial charge is 0.416 e. The fraction of sp³-hybridized carbons (Fsp3) is 0.217. The summed E-state index contributed by atoms with van der Waals surface area (Å²) in [7, 11) is -3.61. The average molecular weight is 494 g/mol. The zero-order valence-electron chi connectivity index (χ0n) is 18.0. The van der Waals surface area contributed by atoms with Crippen LogP contribution in [-0.4, -0.2) is 36.4 Å². The van der Waals surface area contributed by atoms with Crippen LogP contribution in [0.15, 0.2) is 70.4 Å². The van der Waals surface area contributed by atoms with Crippen LogP contribution in [0, 0.1) is 6.92 Å². The van der Waals surface area contributed by atoms with E-state index in [0.717, 1.165) is 16.7 Å². The molecule has 0 aliphatic rings. The molecule has 180 valence electrons. The number of rotatable bonds is 7. The van der Waals surface area contributed by atoms with E-state index in [4.69, 9.17) is 5.11 Å². The molecule has 0 aliphatic carbocycles.